The first-order valence-electron chi connectivity index (χ1n) is 9.33. The fourth-order valence-corrected chi connectivity index (χ4v) is 2.95. The first-order chi connectivity index (χ1) is 13.9. The third kappa shape index (κ3) is 5.43. The molecule has 3 aromatic rings. The molecular weight excluding hydrogens is 384 g/mol. The highest BCUT2D eigenvalue weighted by molar-refractivity contribution is 6.33. The topological polar surface area (TPSA) is 43.4 Å². The van der Waals surface area contributed by atoms with Crippen LogP contribution in [0.25, 0.3) is 6.08 Å². The Balaban J connectivity index is 1.64. The van der Waals surface area contributed by atoms with Gasteiger partial charge in [0.25, 0.3) is 0 Å². The SMILES string of the molecule is CC(C)c1ccc(/C=C/C(=O)c2ccc(OC(=O)c3ccccc3Cl)cc2)cc1. The zero-order chi connectivity index (χ0) is 20.8. The average molecular weight is 405 g/mol. The number of halogens is 1. The number of esters is 1. The van der Waals surface area contributed by atoms with Gasteiger partial charge in [-0.1, -0.05) is 67.9 Å². The van der Waals surface area contributed by atoms with Crippen LogP contribution >= 0.6 is 11.6 Å². The van der Waals surface area contributed by atoms with Gasteiger partial charge in [0.1, 0.15) is 5.75 Å². The zero-order valence-electron chi connectivity index (χ0n) is 16.3. The molecule has 146 valence electrons. The third-order valence-corrected chi connectivity index (χ3v) is 4.80. The fraction of sp³-hybridized carbons (Fsp3) is 0.120. The van der Waals surface area contributed by atoms with Gasteiger partial charge in [-0.3, -0.25) is 4.79 Å². The number of ketones is 1. The number of carbonyl (C=O) groups is 2. The molecule has 0 saturated carbocycles. The van der Waals surface area contributed by atoms with E-state index in [0.717, 1.165) is 5.56 Å². The minimum atomic E-state index is -0.542. The molecule has 0 saturated heterocycles. The molecule has 3 aromatic carbocycles. The summed E-state index contributed by atoms with van der Waals surface area (Å²) in [6.07, 6.45) is 3.33. The second-order valence-electron chi connectivity index (χ2n) is 6.91. The van der Waals surface area contributed by atoms with E-state index < -0.39 is 5.97 Å². The number of hydrogen-bond donors (Lipinski definition) is 0. The van der Waals surface area contributed by atoms with Crippen LogP contribution in [0.1, 0.15) is 51.6 Å². The number of hydrogen-bond acceptors (Lipinski definition) is 3. The Morgan fingerprint density at radius 3 is 2.17 bits per heavy atom. The Kier molecular flexibility index (Phi) is 6.63. The second kappa shape index (κ2) is 9.35. The van der Waals surface area contributed by atoms with Crippen molar-refractivity contribution in [2.45, 2.75) is 19.8 Å². The summed E-state index contributed by atoms with van der Waals surface area (Å²) in [5.41, 5.74) is 3.03. The van der Waals surface area contributed by atoms with Crippen molar-refractivity contribution >= 4 is 29.4 Å². The van der Waals surface area contributed by atoms with E-state index in [2.05, 4.69) is 26.0 Å². The van der Waals surface area contributed by atoms with Gasteiger partial charge in [0, 0.05) is 5.56 Å². The van der Waals surface area contributed by atoms with Gasteiger partial charge in [-0.25, -0.2) is 4.79 Å². The molecule has 0 N–H and O–H groups in total. The molecule has 0 atom stereocenters. The van der Waals surface area contributed by atoms with Crippen LogP contribution in [0.15, 0.2) is 78.9 Å². The van der Waals surface area contributed by atoms with Gasteiger partial charge in [-0.2, -0.15) is 0 Å². The number of rotatable bonds is 6. The molecule has 0 aliphatic carbocycles. The van der Waals surface area contributed by atoms with E-state index in [1.807, 2.05) is 12.1 Å². The lowest BCUT2D eigenvalue weighted by Crippen LogP contribution is -2.09. The van der Waals surface area contributed by atoms with Crippen LogP contribution in [0.4, 0.5) is 0 Å². The summed E-state index contributed by atoms with van der Waals surface area (Å²) in [7, 11) is 0. The van der Waals surface area contributed by atoms with Crippen LogP contribution in [0, 0.1) is 0 Å². The van der Waals surface area contributed by atoms with E-state index in [4.69, 9.17) is 16.3 Å². The maximum absolute atomic E-state index is 12.4. The first-order valence-corrected chi connectivity index (χ1v) is 9.71. The Morgan fingerprint density at radius 1 is 0.897 bits per heavy atom. The fourth-order valence-electron chi connectivity index (χ4n) is 2.74. The number of allylic oxidation sites excluding steroid dienone is 1. The van der Waals surface area contributed by atoms with Crippen LogP contribution in [0.5, 0.6) is 5.75 Å². The van der Waals surface area contributed by atoms with Crippen LogP contribution in [0.2, 0.25) is 5.02 Å². The van der Waals surface area contributed by atoms with Gasteiger partial charge in [0.05, 0.1) is 10.6 Å². The summed E-state index contributed by atoms with van der Waals surface area (Å²) in [5, 5.41) is 0.330. The summed E-state index contributed by atoms with van der Waals surface area (Å²) in [4.78, 5) is 24.6. The lowest BCUT2D eigenvalue weighted by Gasteiger charge is -2.06. The van der Waals surface area contributed by atoms with E-state index in [1.54, 1.807) is 54.6 Å². The molecule has 3 rings (SSSR count). The lowest BCUT2D eigenvalue weighted by molar-refractivity contribution is 0.0735. The minimum Gasteiger partial charge on any atom is -0.423 e. The number of benzene rings is 3. The minimum absolute atomic E-state index is 0.123. The summed E-state index contributed by atoms with van der Waals surface area (Å²) in [6, 6.07) is 21.2. The molecule has 0 aliphatic heterocycles. The summed E-state index contributed by atoms with van der Waals surface area (Å²) >= 11 is 6.01. The molecule has 0 bridgehead atoms. The van der Waals surface area contributed by atoms with Crippen LogP contribution in [-0.4, -0.2) is 11.8 Å². The normalized spacial score (nSPS) is 11.0. The van der Waals surface area contributed by atoms with E-state index in [0.29, 0.717) is 27.8 Å². The number of ether oxygens (including phenoxy) is 1. The van der Waals surface area contributed by atoms with Crippen molar-refractivity contribution in [1.29, 1.82) is 0 Å². The molecule has 0 fully saturated rings. The highest BCUT2D eigenvalue weighted by atomic mass is 35.5. The zero-order valence-corrected chi connectivity index (χ0v) is 17.0. The van der Waals surface area contributed by atoms with Gasteiger partial charge in [0.2, 0.25) is 0 Å². The van der Waals surface area contributed by atoms with Crippen molar-refractivity contribution in [2.75, 3.05) is 0 Å². The summed E-state index contributed by atoms with van der Waals surface area (Å²) < 4.78 is 5.32. The predicted octanol–water partition coefficient (Wildman–Crippen LogP) is 6.58. The van der Waals surface area contributed by atoms with Crippen molar-refractivity contribution in [3.8, 4) is 5.75 Å². The van der Waals surface area contributed by atoms with E-state index in [1.165, 1.54) is 11.6 Å². The molecule has 0 aromatic heterocycles. The Bertz CT molecular complexity index is 1030. The molecule has 0 aliphatic rings. The molecule has 0 unspecified atom stereocenters. The van der Waals surface area contributed by atoms with Gasteiger partial charge in [0.15, 0.2) is 5.78 Å². The standard InChI is InChI=1S/C25H21ClO3/c1-17(2)19-10-7-18(8-11-19)9-16-24(27)20-12-14-21(15-13-20)29-25(28)22-5-3-4-6-23(22)26/h3-17H,1-2H3/b16-9+. The average Bonchev–Trinajstić information content (AvgIpc) is 2.73. The summed E-state index contributed by atoms with van der Waals surface area (Å²) in [6.45, 7) is 4.29. The molecular formula is C25H21ClO3. The van der Waals surface area contributed by atoms with Crippen molar-refractivity contribution in [1.82, 2.24) is 0 Å². The first kappa shape index (κ1) is 20.6. The summed E-state index contributed by atoms with van der Waals surface area (Å²) in [5.74, 6) is 0.154. The van der Waals surface area contributed by atoms with Crippen LogP contribution < -0.4 is 4.74 Å². The maximum Gasteiger partial charge on any atom is 0.345 e. The van der Waals surface area contributed by atoms with Crippen molar-refractivity contribution in [2.24, 2.45) is 0 Å². The molecule has 3 nitrogen and oxygen atoms in total. The Labute approximate surface area is 175 Å². The van der Waals surface area contributed by atoms with Gasteiger partial charge >= 0.3 is 5.97 Å². The number of carbonyl (C=O) groups excluding carboxylic acids is 2. The van der Waals surface area contributed by atoms with E-state index >= 15 is 0 Å². The van der Waals surface area contributed by atoms with Gasteiger partial charge in [-0.15, -0.1) is 0 Å². The largest absolute Gasteiger partial charge is 0.423 e. The highest BCUT2D eigenvalue weighted by Crippen LogP contribution is 2.20. The quantitative estimate of drug-likeness (QED) is 0.202. The van der Waals surface area contributed by atoms with Crippen molar-refractivity contribution < 1.29 is 14.3 Å². The van der Waals surface area contributed by atoms with E-state index in [9.17, 15) is 9.59 Å². The molecule has 4 heteroatoms. The molecule has 0 heterocycles. The third-order valence-electron chi connectivity index (χ3n) is 4.47. The van der Waals surface area contributed by atoms with E-state index in [-0.39, 0.29) is 5.78 Å². The Morgan fingerprint density at radius 2 is 1.55 bits per heavy atom. The smallest absolute Gasteiger partial charge is 0.345 e. The molecule has 29 heavy (non-hydrogen) atoms. The molecule has 0 spiro atoms. The van der Waals surface area contributed by atoms with Crippen molar-refractivity contribution in [3.05, 3.63) is 106 Å². The molecule has 0 amide bonds. The lowest BCUT2D eigenvalue weighted by atomic mass is 10.0. The van der Waals surface area contributed by atoms with Crippen LogP contribution in [0.3, 0.4) is 0 Å². The predicted molar refractivity (Wildman–Crippen MR) is 117 cm³/mol. The molecule has 0 radical (unpaired) electrons. The highest BCUT2D eigenvalue weighted by Gasteiger charge is 2.12. The van der Waals surface area contributed by atoms with Gasteiger partial charge < -0.3 is 4.74 Å². The maximum atomic E-state index is 12.4. The van der Waals surface area contributed by atoms with Crippen LogP contribution in [-0.2, 0) is 0 Å². The van der Waals surface area contributed by atoms with Crippen molar-refractivity contribution in [3.63, 3.8) is 0 Å². The monoisotopic (exact) mass is 404 g/mol. The van der Waals surface area contributed by atoms with Gasteiger partial charge in [-0.05, 0) is 59.5 Å². The Hall–Kier alpha value is -3.17. The second-order valence-corrected chi connectivity index (χ2v) is 7.32.